The quantitative estimate of drug-likeness (QED) is 0.491. The van der Waals surface area contributed by atoms with Gasteiger partial charge in [0.25, 0.3) is 0 Å². The summed E-state index contributed by atoms with van der Waals surface area (Å²) in [4.78, 5) is 11.6. The van der Waals surface area contributed by atoms with E-state index in [0.717, 1.165) is 38.9 Å². The van der Waals surface area contributed by atoms with Gasteiger partial charge in [0.05, 0.1) is 12.1 Å². The first-order valence-corrected chi connectivity index (χ1v) is 9.89. The van der Waals surface area contributed by atoms with Crippen molar-refractivity contribution in [1.82, 2.24) is 4.57 Å². The van der Waals surface area contributed by atoms with Crippen LogP contribution < -0.4 is 4.74 Å². The molecule has 0 aliphatic rings. The van der Waals surface area contributed by atoms with Crippen molar-refractivity contribution in [2.45, 2.75) is 40.2 Å². The van der Waals surface area contributed by atoms with Crippen molar-refractivity contribution >= 4 is 28.5 Å². The third kappa shape index (κ3) is 4.33. The number of aryl methyl sites for hydroxylation is 2. The first-order valence-electron chi connectivity index (χ1n) is 9.51. The summed E-state index contributed by atoms with van der Waals surface area (Å²) in [7, 11) is 2.02. The number of carbonyl (C=O) groups is 1. The van der Waals surface area contributed by atoms with Gasteiger partial charge in [-0.15, -0.1) is 0 Å². The minimum Gasteiger partial charge on any atom is -0.489 e. The van der Waals surface area contributed by atoms with Crippen LogP contribution >= 0.6 is 11.6 Å². The predicted octanol–water partition coefficient (Wildman–Crippen LogP) is 5.52. The van der Waals surface area contributed by atoms with Crippen LogP contribution in [0.4, 0.5) is 0 Å². The van der Waals surface area contributed by atoms with Crippen molar-refractivity contribution in [2.24, 2.45) is 7.05 Å². The van der Waals surface area contributed by atoms with Gasteiger partial charge < -0.3 is 14.0 Å². The van der Waals surface area contributed by atoms with E-state index in [4.69, 9.17) is 21.1 Å². The minimum absolute atomic E-state index is 0.160. The van der Waals surface area contributed by atoms with Gasteiger partial charge in [0.15, 0.2) is 0 Å². The number of esters is 1. The number of hydrogen-bond acceptors (Lipinski definition) is 3. The summed E-state index contributed by atoms with van der Waals surface area (Å²) < 4.78 is 13.2. The molecule has 0 unspecified atom stereocenters. The summed E-state index contributed by atoms with van der Waals surface area (Å²) in [5.41, 5.74) is 5.57. The third-order valence-electron chi connectivity index (χ3n) is 5.15. The van der Waals surface area contributed by atoms with E-state index in [1.807, 2.05) is 44.4 Å². The molecule has 0 aliphatic carbocycles. The lowest BCUT2D eigenvalue weighted by Crippen LogP contribution is -2.07. The van der Waals surface area contributed by atoms with Gasteiger partial charge in [0.1, 0.15) is 12.4 Å². The van der Waals surface area contributed by atoms with Gasteiger partial charge in [0.2, 0.25) is 0 Å². The van der Waals surface area contributed by atoms with Gasteiger partial charge in [-0.3, -0.25) is 4.79 Å². The molecule has 0 radical (unpaired) electrons. The fourth-order valence-electron chi connectivity index (χ4n) is 3.52. The second kappa shape index (κ2) is 8.70. The highest BCUT2D eigenvalue weighted by atomic mass is 35.5. The molecular weight excluding hydrogens is 374 g/mol. The SMILES string of the molecule is CCOC(=O)CCc1ccc(OCc2cc(Cl)cc3ccn(C)c23)c(C)c1C. The largest absolute Gasteiger partial charge is 0.489 e. The van der Waals surface area contributed by atoms with E-state index in [0.29, 0.717) is 31.1 Å². The second-order valence-electron chi connectivity index (χ2n) is 7.00. The molecule has 0 bridgehead atoms. The van der Waals surface area contributed by atoms with Gasteiger partial charge in [-0.1, -0.05) is 17.7 Å². The monoisotopic (exact) mass is 399 g/mol. The second-order valence-corrected chi connectivity index (χ2v) is 7.43. The van der Waals surface area contributed by atoms with Crippen LogP contribution in [0.5, 0.6) is 5.75 Å². The van der Waals surface area contributed by atoms with Gasteiger partial charge in [-0.25, -0.2) is 0 Å². The Balaban J connectivity index is 1.76. The van der Waals surface area contributed by atoms with Crippen LogP contribution in [0, 0.1) is 13.8 Å². The fraction of sp³-hybridized carbons (Fsp3) is 0.348. The number of aromatic nitrogens is 1. The molecule has 0 fully saturated rings. The topological polar surface area (TPSA) is 40.5 Å². The van der Waals surface area contributed by atoms with Crippen molar-refractivity contribution < 1.29 is 14.3 Å². The van der Waals surface area contributed by atoms with E-state index in [9.17, 15) is 4.79 Å². The van der Waals surface area contributed by atoms with Crippen molar-refractivity contribution in [3.8, 4) is 5.75 Å². The Labute approximate surface area is 171 Å². The van der Waals surface area contributed by atoms with E-state index in [1.54, 1.807) is 0 Å². The van der Waals surface area contributed by atoms with Crippen LogP contribution in [0.25, 0.3) is 10.9 Å². The van der Waals surface area contributed by atoms with E-state index in [-0.39, 0.29) is 5.97 Å². The summed E-state index contributed by atoms with van der Waals surface area (Å²) >= 11 is 6.27. The van der Waals surface area contributed by atoms with E-state index < -0.39 is 0 Å². The maximum Gasteiger partial charge on any atom is 0.306 e. The first-order chi connectivity index (χ1) is 13.4. The highest BCUT2D eigenvalue weighted by Crippen LogP contribution is 2.29. The molecule has 0 amide bonds. The molecule has 0 atom stereocenters. The number of carbonyl (C=O) groups excluding carboxylic acids is 1. The van der Waals surface area contributed by atoms with Crippen LogP contribution in [0.2, 0.25) is 5.02 Å². The maximum atomic E-state index is 11.6. The smallest absolute Gasteiger partial charge is 0.306 e. The number of hydrogen-bond donors (Lipinski definition) is 0. The van der Waals surface area contributed by atoms with Crippen LogP contribution in [0.15, 0.2) is 36.5 Å². The highest BCUT2D eigenvalue weighted by molar-refractivity contribution is 6.31. The Bertz CT molecular complexity index is 1010. The Morgan fingerprint density at radius 1 is 1.11 bits per heavy atom. The first kappa shape index (κ1) is 20.3. The fourth-order valence-corrected chi connectivity index (χ4v) is 3.77. The minimum atomic E-state index is -0.160. The van der Waals surface area contributed by atoms with Crippen LogP contribution in [-0.4, -0.2) is 17.1 Å². The molecule has 0 saturated carbocycles. The van der Waals surface area contributed by atoms with Gasteiger partial charge in [-0.2, -0.15) is 0 Å². The molecule has 1 aromatic heterocycles. The van der Waals surface area contributed by atoms with Gasteiger partial charge in [-0.05, 0) is 68.1 Å². The lowest BCUT2D eigenvalue weighted by Gasteiger charge is -2.15. The summed E-state index contributed by atoms with van der Waals surface area (Å²) in [5, 5.41) is 1.82. The zero-order valence-electron chi connectivity index (χ0n) is 16.8. The normalized spacial score (nSPS) is 11.0. The maximum absolute atomic E-state index is 11.6. The van der Waals surface area contributed by atoms with E-state index in [2.05, 4.69) is 24.5 Å². The molecule has 0 saturated heterocycles. The standard InChI is InChI=1S/C23H26ClNO3/c1-5-27-22(26)9-7-17-6-8-21(16(3)15(17)2)28-14-19-13-20(24)12-18-10-11-25(4)23(18)19/h6,8,10-13H,5,7,9,14H2,1-4H3. The summed E-state index contributed by atoms with van der Waals surface area (Å²) in [5.74, 6) is 0.687. The van der Waals surface area contributed by atoms with Crippen molar-refractivity contribution in [3.05, 3.63) is 63.8 Å². The lowest BCUT2D eigenvalue weighted by molar-refractivity contribution is -0.143. The molecule has 28 heavy (non-hydrogen) atoms. The van der Waals surface area contributed by atoms with E-state index >= 15 is 0 Å². The molecule has 3 rings (SSSR count). The highest BCUT2D eigenvalue weighted by Gasteiger charge is 2.12. The van der Waals surface area contributed by atoms with Gasteiger partial charge >= 0.3 is 5.97 Å². The van der Waals surface area contributed by atoms with Crippen LogP contribution in [0.3, 0.4) is 0 Å². The molecule has 0 aliphatic heterocycles. The number of fused-ring (bicyclic) bond motifs is 1. The average Bonchev–Trinajstić information content (AvgIpc) is 3.03. The summed E-state index contributed by atoms with van der Waals surface area (Å²) in [6.07, 6.45) is 3.09. The number of benzene rings is 2. The van der Waals surface area contributed by atoms with Crippen LogP contribution in [-0.2, 0) is 29.6 Å². The zero-order valence-corrected chi connectivity index (χ0v) is 17.6. The number of ether oxygens (including phenoxy) is 2. The zero-order chi connectivity index (χ0) is 20.3. The molecule has 3 aromatic rings. The predicted molar refractivity (Wildman–Crippen MR) is 113 cm³/mol. The Morgan fingerprint density at radius 3 is 2.64 bits per heavy atom. The van der Waals surface area contributed by atoms with Crippen LogP contribution in [0.1, 0.15) is 35.6 Å². The Morgan fingerprint density at radius 2 is 1.89 bits per heavy atom. The molecule has 148 valence electrons. The Hall–Kier alpha value is -2.46. The number of halogens is 1. The molecule has 5 heteroatoms. The molecule has 2 aromatic carbocycles. The molecular formula is C23H26ClNO3. The summed E-state index contributed by atoms with van der Waals surface area (Å²) in [6, 6.07) is 9.99. The lowest BCUT2D eigenvalue weighted by atomic mass is 9.99. The number of rotatable bonds is 7. The molecule has 0 N–H and O–H groups in total. The van der Waals surface area contributed by atoms with Crippen molar-refractivity contribution in [1.29, 1.82) is 0 Å². The summed E-state index contributed by atoms with van der Waals surface area (Å²) in [6.45, 7) is 6.80. The average molecular weight is 400 g/mol. The van der Waals surface area contributed by atoms with Gasteiger partial charge in [0, 0.05) is 35.6 Å². The molecule has 1 heterocycles. The van der Waals surface area contributed by atoms with Crippen molar-refractivity contribution in [2.75, 3.05) is 6.61 Å². The third-order valence-corrected chi connectivity index (χ3v) is 5.37. The molecule has 4 nitrogen and oxygen atoms in total. The van der Waals surface area contributed by atoms with E-state index in [1.165, 1.54) is 0 Å². The molecule has 0 spiro atoms. The van der Waals surface area contributed by atoms with Crippen molar-refractivity contribution in [3.63, 3.8) is 0 Å². The number of nitrogens with zero attached hydrogens (tertiary/aromatic N) is 1. The Kier molecular flexibility index (Phi) is 6.30.